The summed E-state index contributed by atoms with van der Waals surface area (Å²) < 4.78 is 16.7. The quantitative estimate of drug-likeness (QED) is 0.271. The number of benzene rings is 2. The standard InChI is InChI=1S/C30H37N5O4/c1-2-38-25-9-7-23(8-10-25)20-35(13-11-24-19-32-27-6-4-3-5-26(24)27)21-29-33-28(22-39-29)30(36)31-12-14-34-15-17-37-18-16-34/h3-10,19,22,32H,2,11-18,20-21H2,1H3,(H,31,36). The smallest absolute Gasteiger partial charge is 0.273 e. The molecule has 9 nitrogen and oxygen atoms in total. The first-order valence-corrected chi connectivity index (χ1v) is 13.7. The predicted molar refractivity (Wildman–Crippen MR) is 150 cm³/mol. The molecule has 206 valence electrons. The number of oxazole rings is 1. The Morgan fingerprint density at radius 1 is 1.13 bits per heavy atom. The van der Waals surface area contributed by atoms with Crippen molar-refractivity contribution >= 4 is 16.8 Å². The first-order valence-electron chi connectivity index (χ1n) is 13.7. The lowest BCUT2D eigenvalue weighted by atomic mass is 10.1. The van der Waals surface area contributed by atoms with Gasteiger partial charge in [0.1, 0.15) is 12.0 Å². The number of carbonyl (C=O) groups excluding carboxylic acids is 1. The number of aromatic nitrogens is 2. The zero-order chi connectivity index (χ0) is 26.9. The molecule has 1 amide bonds. The molecule has 3 heterocycles. The van der Waals surface area contributed by atoms with Gasteiger partial charge in [-0.2, -0.15) is 0 Å². The maximum absolute atomic E-state index is 12.7. The van der Waals surface area contributed by atoms with E-state index in [-0.39, 0.29) is 5.91 Å². The van der Waals surface area contributed by atoms with Gasteiger partial charge >= 0.3 is 0 Å². The van der Waals surface area contributed by atoms with Gasteiger partial charge in [-0.05, 0) is 42.7 Å². The fraction of sp³-hybridized carbons (Fsp3) is 0.400. The second-order valence-corrected chi connectivity index (χ2v) is 9.73. The lowest BCUT2D eigenvalue weighted by Gasteiger charge is -2.26. The molecular weight excluding hydrogens is 494 g/mol. The number of para-hydroxylation sites is 1. The molecule has 5 rings (SSSR count). The van der Waals surface area contributed by atoms with Crippen molar-refractivity contribution < 1.29 is 18.7 Å². The molecule has 1 aliphatic rings. The maximum Gasteiger partial charge on any atom is 0.273 e. The fourth-order valence-corrected chi connectivity index (χ4v) is 4.87. The molecule has 4 aromatic rings. The van der Waals surface area contributed by atoms with E-state index in [1.54, 1.807) is 0 Å². The Morgan fingerprint density at radius 2 is 1.95 bits per heavy atom. The van der Waals surface area contributed by atoms with Crippen molar-refractivity contribution in [3.05, 3.63) is 83.7 Å². The van der Waals surface area contributed by atoms with Gasteiger partial charge in [-0.3, -0.25) is 14.6 Å². The molecule has 2 aromatic heterocycles. The largest absolute Gasteiger partial charge is 0.494 e. The van der Waals surface area contributed by atoms with Crippen LogP contribution in [0.1, 0.15) is 34.4 Å². The van der Waals surface area contributed by atoms with Crippen LogP contribution >= 0.6 is 0 Å². The molecule has 0 unspecified atom stereocenters. The summed E-state index contributed by atoms with van der Waals surface area (Å²) in [5.74, 6) is 1.18. The summed E-state index contributed by atoms with van der Waals surface area (Å²) in [5.41, 5.74) is 3.90. The van der Waals surface area contributed by atoms with E-state index in [4.69, 9.17) is 13.9 Å². The van der Waals surface area contributed by atoms with E-state index in [0.717, 1.165) is 63.6 Å². The Balaban J connectivity index is 1.21. The van der Waals surface area contributed by atoms with Crippen LogP contribution in [0, 0.1) is 0 Å². The summed E-state index contributed by atoms with van der Waals surface area (Å²) in [4.78, 5) is 25.1. The van der Waals surface area contributed by atoms with E-state index in [9.17, 15) is 4.79 Å². The molecule has 0 atom stereocenters. The topological polar surface area (TPSA) is 95.9 Å². The van der Waals surface area contributed by atoms with E-state index >= 15 is 0 Å². The van der Waals surface area contributed by atoms with Crippen molar-refractivity contribution in [3.63, 3.8) is 0 Å². The Morgan fingerprint density at radius 3 is 2.77 bits per heavy atom. The zero-order valence-corrected chi connectivity index (χ0v) is 22.5. The van der Waals surface area contributed by atoms with Crippen molar-refractivity contribution in [2.75, 3.05) is 52.5 Å². The lowest BCUT2D eigenvalue weighted by molar-refractivity contribution is 0.0383. The summed E-state index contributed by atoms with van der Waals surface area (Å²) in [6.45, 7) is 9.28. The van der Waals surface area contributed by atoms with Gasteiger partial charge in [-0.25, -0.2) is 4.98 Å². The van der Waals surface area contributed by atoms with Gasteiger partial charge in [0.15, 0.2) is 5.69 Å². The number of hydrogen-bond acceptors (Lipinski definition) is 7. The number of rotatable bonds is 13. The second kappa shape index (κ2) is 13.4. The van der Waals surface area contributed by atoms with Crippen LogP contribution in [-0.2, 0) is 24.2 Å². The summed E-state index contributed by atoms with van der Waals surface area (Å²) >= 11 is 0. The highest BCUT2D eigenvalue weighted by Crippen LogP contribution is 2.20. The molecule has 39 heavy (non-hydrogen) atoms. The van der Waals surface area contributed by atoms with Crippen LogP contribution in [0.15, 0.2) is 65.4 Å². The summed E-state index contributed by atoms with van der Waals surface area (Å²) in [5, 5.41) is 4.20. The molecule has 1 aliphatic heterocycles. The van der Waals surface area contributed by atoms with Gasteiger partial charge in [-0.1, -0.05) is 30.3 Å². The van der Waals surface area contributed by atoms with E-state index < -0.39 is 0 Å². The van der Waals surface area contributed by atoms with Crippen LogP contribution in [0.3, 0.4) is 0 Å². The number of ether oxygens (including phenoxy) is 2. The van der Waals surface area contributed by atoms with Crippen molar-refractivity contribution in [1.29, 1.82) is 0 Å². The van der Waals surface area contributed by atoms with Gasteiger partial charge in [0.25, 0.3) is 5.91 Å². The Hall–Kier alpha value is -3.66. The third-order valence-electron chi connectivity index (χ3n) is 6.97. The molecule has 0 spiro atoms. The molecule has 0 bridgehead atoms. The molecular formula is C30H37N5O4. The number of aromatic amines is 1. The van der Waals surface area contributed by atoms with Gasteiger partial charge in [0, 0.05) is 56.4 Å². The molecule has 0 radical (unpaired) electrons. The summed E-state index contributed by atoms with van der Waals surface area (Å²) in [7, 11) is 0. The molecule has 1 saturated heterocycles. The van der Waals surface area contributed by atoms with Crippen molar-refractivity contribution in [2.45, 2.75) is 26.4 Å². The Kier molecular flexibility index (Phi) is 9.26. The highest BCUT2D eigenvalue weighted by molar-refractivity contribution is 5.91. The molecule has 9 heteroatoms. The van der Waals surface area contributed by atoms with Crippen LogP contribution in [0.2, 0.25) is 0 Å². The van der Waals surface area contributed by atoms with Crippen LogP contribution in [0.25, 0.3) is 10.9 Å². The molecule has 1 fully saturated rings. The highest BCUT2D eigenvalue weighted by Gasteiger charge is 2.17. The SMILES string of the molecule is CCOc1ccc(CN(CCc2c[nH]c3ccccc23)Cc2nc(C(=O)NCCN3CCOCC3)co2)cc1. The Labute approximate surface area is 229 Å². The van der Waals surface area contributed by atoms with E-state index in [1.807, 2.05) is 25.1 Å². The minimum atomic E-state index is -0.213. The summed E-state index contributed by atoms with van der Waals surface area (Å²) in [6.07, 6.45) is 4.41. The highest BCUT2D eigenvalue weighted by atomic mass is 16.5. The first kappa shape index (κ1) is 26.9. The van der Waals surface area contributed by atoms with Gasteiger partial charge in [0.2, 0.25) is 5.89 Å². The van der Waals surface area contributed by atoms with E-state index in [0.29, 0.717) is 31.3 Å². The number of morpholine rings is 1. The molecule has 2 N–H and O–H groups in total. The van der Waals surface area contributed by atoms with Gasteiger partial charge < -0.3 is 24.2 Å². The first-order chi connectivity index (χ1) is 19.2. The second-order valence-electron chi connectivity index (χ2n) is 9.73. The predicted octanol–water partition coefficient (Wildman–Crippen LogP) is 3.86. The van der Waals surface area contributed by atoms with Crippen molar-refractivity contribution in [1.82, 2.24) is 25.1 Å². The number of fused-ring (bicyclic) bond motifs is 1. The minimum absolute atomic E-state index is 0.213. The lowest BCUT2D eigenvalue weighted by Crippen LogP contribution is -2.41. The van der Waals surface area contributed by atoms with Crippen LogP contribution in [0.5, 0.6) is 5.75 Å². The van der Waals surface area contributed by atoms with Crippen LogP contribution in [-0.4, -0.2) is 78.2 Å². The van der Waals surface area contributed by atoms with Gasteiger partial charge in [0.05, 0.1) is 26.4 Å². The van der Waals surface area contributed by atoms with Crippen molar-refractivity contribution in [2.24, 2.45) is 0 Å². The monoisotopic (exact) mass is 531 g/mol. The number of amides is 1. The number of H-pyrrole nitrogens is 1. The third kappa shape index (κ3) is 7.47. The number of carbonyl (C=O) groups is 1. The number of nitrogens with one attached hydrogen (secondary N) is 2. The minimum Gasteiger partial charge on any atom is -0.494 e. The average molecular weight is 532 g/mol. The summed E-state index contributed by atoms with van der Waals surface area (Å²) in [6, 6.07) is 16.5. The molecule has 0 aliphatic carbocycles. The maximum atomic E-state index is 12.7. The Bertz CT molecular complexity index is 1330. The van der Waals surface area contributed by atoms with Crippen LogP contribution in [0.4, 0.5) is 0 Å². The van der Waals surface area contributed by atoms with E-state index in [1.165, 1.54) is 22.8 Å². The molecule has 2 aromatic carbocycles. The fourth-order valence-electron chi connectivity index (χ4n) is 4.87. The van der Waals surface area contributed by atoms with Gasteiger partial charge in [-0.15, -0.1) is 0 Å². The zero-order valence-electron chi connectivity index (χ0n) is 22.5. The average Bonchev–Trinajstić information content (AvgIpc) is 3.61. The third-order valence-corrected chi connectivity index (χ3v) is 6.97. The van der Waals surface area contributed by atoms with Crippen molar-refractivity contribution in [3.8, 4) is 5.75 Å². The normalized spacial score (nSPS) is 14.2. The van der Waals surface area contributed by atoms with Crippen LogP contribution < -0.4 is 10.1 Å². The van der Waals surface area contributed by atoms with E-state index in [2.05, 4.69) is 61.6 Å². The molecule has 0 saturated carbocycles. The number of hydrogen-bond donors (Lipinski definition) is 2. The number of nitrogens with zero attached hydrogens (tertiary/aromatic N) is 3.